The van der Waals surface area contributed by atoms with E-state index >= 15 is 0 Å². The van der Waals surface area contributed by atoms with E-state index in [9.17, 15) is 8.78 Å². The van der Waals surface area contributed by atoms with E-state index in [-0.39, 0.29) is 29.0 Å². The molecule has 5 rings (SSSR count). The predicted molar refractivity (Wildman–Crippen MR) is 136 cm³/mol. The molecular formula is C25H27F2N9O. The number of hydrogen-bond acceptors (Lipinski definition) is 8. The molecule has 0 amide bonds. The third-order valence-electron chi connectivity index (χ3n) is 6.34. The number of halogens is 2. The molecule has 12 heteroatoms. The highest BCUT2D eigenvalue weighted by Gasteiger charge is 2.20. The molecule has 0 bridgehead atoms. The molecule has 1 aliphatic rings. The average molecular weight is 508 g/mol. The number of rotatable bonds is 6. The number of nitrogens with two attached hydrogens (primary N) is 1. The van der Waals surface area contributed by atoms with E-state index in [2.05, 4.69) is 35.3 Å². The van der Waals surface area contributed by atoms with Gasteiger partial charge in [0.2, 0.25) is 5.95 Å². The SMILES string of the molecule is Cc1nc2c(F)cc(-c3nc(Nc4ccc5c(n4)CCN(CC(N)=NO)C5)ncc3F)cc2n1C(C)C. The number of aromatic nitrogens is 5. The lowest BCUT2D eigenvalue weighted by atomic mass is 10.1. The quantitative estimate of drug-likeness (QED) is 0.155. The minimum Gasteiger partial charge on any atom is -0.409 e. The van der Waals surface area contributed by atoms with Gasteiger partial charge in [0.15, 0.2) is 17.5 Å². The molecule has 0 saturated carbocycles. The van der Waals surface area contributed by atoms with Gasteiger partial charge in [0.1, 0.15) is 22.9 Å². The molecule has 4 heterocycles. The number of anilines is 2. The van der Waals surface area contributed by atoms with Gasteiger partial charge < -0.3 is 20.8 Å². The van der Waals surface area contributed by atoms with E-state index in [0.717, 1.165) is 17.5 Å². The van der Waals surface area contributed by atoms with Gasteiger partial charge in [-0.2, -0.15) is 0 Å². The summed E-state index contributed by atoms with van der Waals surface area (Å²) in [7, 11) is 0. The Bertz CT molecular complexity index is 1520. The molecule has 0 radical (unpaired) electrons. The van der Waals surface area contributed by atoms with Gasteiger partial charge in [-0.15, -0.1) is 0 Å². The molecule has 0 atom stereocenters. The predicted octanol–water partition coefficient (Wildman–Crippen LogP) is 3.90. The van der Waals surface area contributed by atoms with E-state index in [1.54, 1.807) is 12.1 Å². The Morgan fingerprint density at radius 2 is 2.00 bits per heavy atom. The standard InChI is InChI=1S/C25H27F2N9O/c1-13(2)36-14(3)30-24-17(26)8-16(9-20(24)36)23-18(27)10-29-25(33-23)32-22-5-4-15-11-35(12-21(28)34-37)7-6-19(15)31-22/h4-5,8-10,13,37H,6-7,11-12H2,1-3H3,(H2,28,34)(H,29,31,32,33). The van der Waals surface area contributed by atoms with E-state index in [0.29, 0.717) is 48.8 Å². The van der Waals surface area contributed by atoms with Crippen molar-refractivity contribution in [3.63, 3.8) is 0 Å². The zero-order valence-electron chi connectivity index (χ0n) is 20.7. The number of amidine groups is 1. The zero-order valence-corrected chi connectivity index (χ0v) is 20.7. The van der Waals surface area contributed by atoms with Gasteiger partial charge in [0.25, 0.3) is 0 Å². The van der Waals surface area contributed by atoms with Gasteiger partial charge in [-0.1, -0.05) is 11.2 Å². The number of fused-ring (bicyclic) bond motifs is 2. The van der Waals surface area contributed by atoms with Gasteiger partial charge in [0, 0.05) is 36.8 Å². The second-order valence-electron chi connectivity index (χ2n) is 9.32. The Hall–Kier alpha value is -4.19. The van der Waals surface area contributed by atoms with Crippen molar-refractivity contribution in [3.05, 3.63) is 59.2 Å². The number of oxime groups is 1. The third-order valence-corrected chi connectivity index (χ3v) is 6.34. The Balaban J connectivity index is 1.43. The zero-order chi connectivity index (χ0) is 26.3. The van der Waals surface area contributed by atoms with Crippen molar-refractivity contribution in [2.45, 2.75) is 39.8 Å². The first-order chi connectivity index (χ1) is 17.7. The van der Waals surface area contributed by atoms with Gasteiger partial charge >= 0.3 is 0 Å². The lowest BCUT2D eigenvalue weighted by Crippen LogP contribution is -2.38. The highest BCUT2D eigenvalue weighted by molar-refractivity contribution is 5.83. The second-order valence-corrected chi connectivity index (χ2v) is 9.32. The van der Waals surface area contributed by atoms with E-state index in [1.807, 2.05) is 31.4 Å². The number of imidazole rings is 1. The Morgan fingerprint density at radius 3 is 2.76 bits per heavy atom. The minimum atomic E-state index is -0.666. The first-order valence-corrected chi connectivity index (χ1v) is 11.9. The molecule has 0 spiro atoms. The van der Waals surface area contributed by atoms with Crippen LogP contribution in [-0.2, 0) is 13.0 Å². The highest BCUT2D eigenvalue weighted by Crippen LogP contribution is 2.30. The van der Waals surface area contributed by atoms with E-state index in [1.165, 1.54) is 6.07 Å². The van der Waals surface area contributed by atoms with Gasteiger partial charge in [0.05, 0.1) is 18.3 Å². The van der Waals surface area contributed by atoms with Crippen LogP contribution in [-0.4, -0.2) is 53.5 Å². The van der Waals surface area contributed by atoms with Crippen molar-refractivity contribution in [1.82, 2.24) is 29.4 Å². The molecule has 0 unspecified atom stereocenters. The van der Waals surface area contributed by atoms with E-state index in [4.69, 9.17) is 10.9 Å². The molecule has 4 N–H and O–H groups in total. The van der Waals surface area contributed by atoms with Gasteiger partial charge in [-0.3, -0.25) is 4.90 Å². The number of hydrogen-bond donors (Lipinski definition) is 3. The fraction of sp³-hybridized carbons (Fsp3) is 0.320. The summed E-state index contributed by atoms with van der Waals surface area (Å²) >= 11 is 0. The average Bonchev–Trinajstić information content (AvgIpc) is 3.21. The molecule has 1 aromatic carbocycles. The van der Waals surface area contributed by atoms with Crippen LogP contribution in [0.3, 0.4) is 0 Å². The summed E-state index contributed by atoms with van der Waals surface area (Å²) in [5.74, 6) is 0.277. The maximum atomic E-state index is 14.9. The number of nitrogens with one attached hydrogen (secondary N) is 1. The van der Waals surface area contributed by atoms with Crippen molar-refractivity contribution in [2.24, 2.45) is 10.9 Å². The van der Waals surface area contributed by atoms with Crippen LogP contribution in [0.15, 0.2) is 35.6 Å². The highest BCUT2D eigenvalue weighted by atomic mass is 19.1. The fourth-order valence-corrected chi connectivity index (χ4v) is 4.74. The monoisotopic (exact) mass is 507 g/mol. The molecule has 0 fully saturated rings. The van der Waals surface area contributed by atoms with Crippen LogP contribution in [0.2, 0.25) is 0 Å². The van der Waals surface area contributed by atoms with Crippen LogP contribution in [0.5, 0.6) is 0 Å². The second kappa shape index (κ2) is 9.69. The lowest BCUT2D eigenvalue weighted by Gasteiger charge is -2.27. The first kappa shape index (κ1) is 24.5. The topological polar surface area (TPSA) is 130 Å². The van der Waals surface area contributed by atoms with Crippen molar-refractivity contribution in [3.8, 4) is 11.3 Å². The maximum Gasteiger partial charge on any atom is 0.229 e. The largest absolute Gasteiger partial charge is 0.409 e. The van der Waals surface area contributed by atoms with Crippen LogP contribution in [0.1, 0.15) is 37.0 Å². The van der Waals surface area contributed by atoms with Crippen molar-refractivity contribution in [1.29, 1.82) is 0 Å². The van der Waals surface area contributed by atoms with E-state index < -0.39 is 11.6 Å². The minimum absolute atomic E-state index is 0.0239. The Labute approximate surface area is 211 Å². The number of pyridine rings is 1. The first-order valence-electron chi connectivity index (χ1n) is 11.9. The molecule has 37 heavy (non-hydrogen) atoms. The molecule has 1 aliphatic heterocycles. The van der Waals surface area contributed by atoms with Crippen LogP contribution in [0.4, 0.5) is 20.5 Å². The van der Waals surface area contributed by atoms with Crippen molar-refractivity contribution in [2.75, 3.05) is 18.4 Å². The van der Waals surface area contributed by atoms with Gasteiger partial charge in [-0.05, 0) is 44.5 Å². The molecular weight excluding hydrogens is 480 g/mol. The third kappa shape index (κ3) is 4.79. The Morgan fingerprint density at radius 1 is 1.19 bits per heavy atom. The van der Waals surface area contributed by atoms with Gasteiger partial charge in [-0.25, -0.2) is 28.7 Å². The number of aryl methyl sites for hydroxylation is 1. The molecule has 4 aromatic rings. The molecule has 0 saturated heterocycles. The fourth-order valence-electron chi connectivity index (χ4n) is 4.74. The van der Waals surface area contributed by atoms with Crippen LogP contribution >= 0.6 is 0 Å². The maximum absolute atomic E-state index is 14.9. The smallest absolute Gasteiger partial charge is 0.229 e. The summed E-state index contributed by atoms with van der Waals surface area (Å²) in [4.78, 5) is 19.5. The summed E-state index contributed by atoms with van der Waals surface area (Å²) in [6, 6.07) is 6.71. The van der Waals surface area contributed by atoms with Crippen LogP contribution in [0, 0.1) is 18.6 Å². The van der Waals surface area contributed by atoms with Crippen LogP contribution < -0.4 is 11.1 Å². The lowest BCUT2D eigenvalue weighted by molar-refractivity contribution is 0.275. The summed E-state index contributed by atoms with van der Waals surface area (Å²) in [5, 5.41) is 14.9. The van der Waals surface area contributed by atoms with Crippen molar-refractivity contribution >= 4 is 28.6 Å². The molecule has 192 valence electrons. The molecule has 3 aromatic heterocycles. The number of nitrogens with zero attached hydrogens (tertiary/aromatic N) is 7. The normalized spacial score (nSPS) is 14.4. The number of benzene rings is 1. The summed E-state index contributed by atoms with van der Waals surface area (Å²) in [6.07, 6.45) is 1.74. The van der Waals surface area contributed by atoms with Crippen LogP contribution in [0.25, 0.3) is 22.3 Å². The molecule has 0 aliphatic carbocycles. The summed E-state index contributed by atoms with van der Waals surface area (Å²) < 4.78 is 31.7. The summed E-state index contributed by atoms with van der Waals surface area (Å²) in [5.41, 5.74) is 8.65. The molecule has 10 nitrogen and oxygen atoms in total. The Kier molecular flexibility index (Phi) is 6.42. The van der Waals surface area contributed by atoms with Crippen molar-refractivity contribution < 1.29 is 14.0 Å². The summed E-state index contributed by atoms with van der Waals surface area (Å²) in [6.45, 7) is 7.47.